The third-order valence-electron chi connectivity index (χ3n) is 4.34. The SMILES string of the molecule is COC(=O)CSC1=NC2C(C(=O)NC(=O)N2C)N1Cc1ccc(C)cc1. The van der Waals surface area contributed by atoms with Gasteiger partial charge in [-0.25, -0.2) is 9.79 Å². The summed E-state index contributed by atoms with van der Waals surface area (Å²) in [7, 11) is 2.92. The zero-order valence-electron chi connectivity index (χ0n) is 14.8. The molecule has 1 aromatic rings. The first-order chi connectivity index (χ1) is 12.4. The van der Waals surface area contributed by atoms with Crippen LogP contribution in [0, 0.1) is 6.92 Å². The highest BCUT2D eigenvalue weighted by molar-refractivity contribution is 8.14. The summed E-state index contributed by atoms with van der Waals surface area (Å²) in [5.41, 5.74) is 2.15. The number of ether oxygens (including phenoxy) is 1. The third-order valence-corrected chi connectivity index (χ3v) is 5.32. The molecule has 2 unspecified atom stereocenters. The first kappa shape index (κ1) is 18.2. The quantitative estimate of drug-likeness (QED) is 0.787. The number of hydrogen-bond acceptors (Lipinski definition) is 7. The highest BCUT2D eigenvalue weighted by Crippen LogP contribution is 2.30. The normalized spacial score (nSPS) is 22.0. The van der Waals surface area contributed by atoms with E-state index in [1.807, 2.05) is 36.1 Å². The van der Waals surface area contributed by atoms with E-state index in [0.717, 1.165) is 11.1 Å². The Hall–Kier alpha value is -2.55. The number of fused-ring (bicyclic) bond motifs is 1. The van der Waals surface area contributed by atoms with Crippen molar-refractivity contribution in [3.63, 3.8) is 0 Å². The van der Waals surface area contributed by atoms with Gasteiger partial charge in [-0.05, 0) is 12.5 Å². The maximum Gasteiger partial charge on any atom is 0.325 e. The monoisotopic (exact) mass is 376 g/mol. The maximum absolute atomic E-state index is 12.5. The summed E-state index contributed by atoms with van der Waals surface area (Å²) >= 11 is 1.20. The molecule has 8 nitrogen and oxygen atoms in total. The van der Waals surface area contributed by atoms with Crippen molar-refractivity contribution in [2.45, 2.75) is 25.7 Å². The fraction of sp³-hybridized carbons (Fsp3) is 0.412. The van der Waals surface area contributed by atoms with Crippen molar-refractivity contribution in [1.82, 2.24) is 15.1 Å². The molecule has 9 heteroatoms. The first-order valence-electron chi connectivity index (χ1n) is 8.08. The molecule has 2 atom stereocenters. The number of amidine groups is 1. The third kappa shape index (κ3) is 3.52. The van der Waals surface area contributed by atoms with Gasteiger partial charge in [0.1, 0.15) is 0 Å². The summed E-state index contributed by atoms with van der Waals surface area (Å²) < 4.78 is 4.68. The minimum absolute atomic E-state index is 0.0818. The lowest BCUT2D eigenvalue weighted by Crippen LogP contribution is -2.63. The van der Waals surface area contributed by atoms with Gasteiger partial charge < -0.3 is 14.5 Å². The van der Waals surface area contributed by atoms with Gasteiger partial charge in [0.15, 0.2) is 17.4 Å². The zero-order chi connectivity index (χ0) is 18.8. The van der Waals surface area contributed by atoms with E-state index in [2.05, 4.69) is 15.0 Å². The van der Waals surface area contributed by atoms with Crippen LogP contribution in [0.4, 0.5) is 4.79 Å². The summed E-state index contributed by atoms with van der Waals surface area (Å²) in [4.78, 5) is 43.6. The van der Waals surface area contributed by atoms with Gasteiger partial charge in [-0.1, -0.05) is 41.6 Å². The van der Waals surface area contributed by atoms with E-state index in [-0.39, 0.29) is 17.6 Å². The number of amides is 3. The second-order valence-corrected chi connectivity index (χ2v) is 7.10. The molecule has 2 aliphatic heterocycles. The Morgan fingerprint density at radius 3 is 2.65 bits per heavy atom. The highest BCUT2D eigenvalue weighted by atomic mass is 32.2. The van der Waals surface area contributed by atoms with Gasteiger partial charge in [-0.3, -0.25) is 14.9 Å². The van der Waals surface area contributed by atoms with Gasteiger partial charge in [0.25, 0.3) is 5.91 Å². The summed E-state index contributed by atoms with van der Waals surface area (Å²) in [6, 6.07) is 6.87. The number of thioether (sulfide) groups is 1. The molecule has 0 saturated carbocycles. The smallest absolute Gasteiger partial charge is 0.325 e. The predicted octanol–water partition coefficient (Wildman–Crippen LogP) is 0.949. The lowest BCUT2D eigenvalue weighted by atomic mass is 10.1. The highest BCUT2D eigenvalue weighted by Gasteiger charge is 2.48. The molecule has 0 bridgehead atoms. The summed E-state index contributed by atoms with van der Waals surface area (Å²) in [6.07, 6.45) is -0.609. The largest absolute Gasteiger partial charge is 0.468 e. The number of urea groups is 1. The fourth-order valence-electron chi connectivity index (χ4n) is 2.86. The number of methoxy groups -OCH3 is 1. The average Bonchev–Trinajstić information content (AvgIpc) is 2.98. The molecule has 0 spiro atoms. The number of hydrogen-bond donors (Lipinski definition) is 1. The summed E-state index contributed by atoms with van der Waals surface area (Å²) in [5, 5.41) is 2.90. The number of aliphatic imine (C=N–C) groups is 1. The maximum atomic E-state index is 12.5. The second-order valence-electron chi connectivity index (χ2n) is 6.15. The molecule has 138 valence electrons. The number of imide groups is 1. The zero-order valence-corrected chi connectivity index (χ0v) is 15.6. The Morgan fingerprint density at radius 1 is 1.31 bits per heavy atom. The number of nitrogens with one attached hydrogen (secondary N) is 1. The molecular weight excluding hydrogens is 356 g/mol. The van der Waals surface area contributed by atoms with Gasteiger partial charge in [0.2, 0.25) is 0 Å². The van der Waals surface area contributed by atoms with Crippen LogP contribution >= 0.6 is 11.8 Å². The number of benzene rings is 1. The van der Waals surface area contributed by atoms with E-state index in [1.54, 1.807) is 7.05 Å². The standard InChI is InChI=1S/C17H20N4O4S/c1-10-4-6-11(7-5-10)8-21-13-14(20(2)16(24)19-15(13)23)18-17(21)26-9-12(22)25-3/h4-7,13-14H,8-9H2,1-3H3,(H,19,23,24). The van der Waals surface area contributed by atoms with Gasteiger partial charge in [-0.15, -0.1) is 0 Å². The van der Waals surface area contributed by atoms with E-state index < -0.39 is 18.2 Å². The Bertz CT molecular complexity index is 765. The number of nitrogens with zero attached hydrogens (tertiary/aromatic N) is 3. The minimum Gasteiger partial charge on any atom is -0.468 e. The molecule has 0 radical (unpaired) electrons. The van der Waals surface area contributed by atoms with Crippen LogP contribution < -0.4 is 5.32 Å². The van der Waals surface area contributed by atoms with Crippen LogP contribution in [0.25, 0.3) is 0 Å². The molecule has 1 aromatic carbocycles. The van der Waals surface area contributed by atoms with E-state index in [1.165, 1.54) is 23.8 Å². The summed E-state index contributed by atoms with van der Waals surface area (Å²) in [6.45, 7) is 2.45. The lowest BCUT2D eigenvalue weighted by molar-refractivity contribution is -0.137. The van der Waals surface area contributed by atoms with E-state index in [9.17, 15) is 14.4 Å². The molecule has 3 amide bonds. The van der Waals surface area contributed by atoms with E-state index >= 15 is 0 Å². The average molecular weight is 376 g/mol. The van der Waals surface area contributed by atoms with Crippen LogP contribution in [0.2, 0.25) is 0 Å². The van der Waals surface area contributed by atoms with Crippen LogP contribution in [0.5, 0.6) is 0 Å². The van der Waals surface area contributed by atoms with Crippen molar-refractivity contribution in [1.29, 1.82) is 0 Å². The van der Waals surface area contributed by atoms with Crippen LogP contribution in [-0.2, 0) is 20.9 Å². The molecule has 1 saturated heterocycles. The molecule has 0 aromatic heterocycles. The fourth-order valence-corrected chi connectivity index (χ4v) is 3.75. The van der Waals surface area contributed by atoms with Crippen molar-refractivity contribution in [2.24, 2.45) is 4.99 Å². The number of aryl methyl sites for hydroxylation is 1. The van der Waals surface area contributed by atoms with Crippen LogP contribution in [0.1, 0.15) is 11.1 Å². The Balaban J connectivity index is 1.87. The van der Waals surface area contributed by atoms with Crippen molar-refractivity contribution >= 4 is 34.8 Å². The predicted molar refractivity (Wildman–Crippen MR) is 97.5 cm³/mol. The number of esters is 1. The van der Waals surface area contributed by atoms with Crippen molar-refractivity contribution in [3.8, 4) is 0 Å². The molecule has 0 aliphatic carbocycles. The molecule has 2 heterocycles. The number of carbonyl (C=O) groups is 3. The Morgan fingerprint density at radius 2 is 2.00 bits per heavy atom. The first-order valence-corrected chi connectivity index (χ1v) is 9.06. The van der Waals surface area contributed by atoms with Crippen LogP contribution in [0.15, 0.2) is 29.3 Å². The number of rotatable bonds is 4. The van der Waals surface area contributed by atoms with Crippen molar-refractivity contribution in [2.75, 3.05) is 19.9 Å². The molecular formula is C17H20N4O4S. The van der Waals surface area contributed by atoms with E-state index in [0.29, 0.717) is 11.7 Å². The summed E-state index contributed by atoms with van der Waals surface area (Å²) in [5.74, 6) is -0.683. The van der Waals surface area contributed by atoms with Crippen molar-refractivity contribution in [3.05, 3.63) is 35.4 Å². The van der Waals surface area contributed by atoms with Crippen LogP contribution in [-0.4, -0.2) is 65.0 Å². The molecule has 1 N–H and O–H groups in total. The molecule has 2 aliphatic rings. The van der Waals surface area contributed by atoms with Crippen molar-refractivity contribution < 1.29 is 19.1 Å². The van der Waals surface area contributed by atoms with Gasteiger partial charge >= 0.3 is 12.0 Å². The van der Waals surface area contributed by atoms with Gasteiger partial charge in [-0.2, -0.15) is 0 Å². The minimum atomic E-state index is -0.626. The van der Waals surface area contributed by atoms with Gasteiger partial charge in [0.05, 0.1) is 12.9 Å². The van der Waals surface area contributed by atoms with Crippen LogP contribution in [0.3, 0.4) is 0 Å². The topological polar surface area (TPSA) is 91.3 Å². The Kier molecular flexibility index (Phi) is 5.17. The molecule has 3 rings (SSSR count). The molecule has 1 fully saturated rings. The second kappa shape index (κ2) is 7.36. The lowest BCUT2D eigenvalue weighted by Gasteiger charge is -2.36. The number of likely N-dealkylation sites (N-methyl/N-ethyl adjacent to an activating group) is 1. The van der Waals surface area contributed by atoms with Gasteiger partial charge in [0, 0.05) is 13.6 Å². The Labute approximate surface area is 155 Å². The molecule has 26 heavy (non-hydrogen) atoms. The van der Waals surface area contributed by atoms with E-state index in [4.69, 9.17) is 0 Å². The number of carbonyl (C=O) groups excluding carboxylic acids is 3.